The van der Waals surface area contributed by atoms with Crippen LogP contribution in [0.2, 0.25) is 0 Å². The molecule has 1 saturated carbocycles. The zero-order valence-corrected chi connectivity index (χ0v) is 20.1. The smallest absolute Gasteiger partial charge is 0.268 e. The van der Waals surface area contributed by atoms with Crippen LogP contribution in [0.3, 0.4) is 0 Å². The van der Waals surface area contributed by atoms with Gasteiger partial charge < -0.3 is 24.4 Å². The van der Waals surface area contributed by atoms with E-state index >= 15 is 0 Å². The first-order chi connectivity index (χ1) is 17.2. The minimum absolute atomic E-state index is 0.101. The highest BCUT2D eigenvalue weighted by Gasteiger charge is 2.40. The molecule has 35 heavy (non-hydrogen) atoms. The molecule has 0 bridgehead atoms. The number of carbonyl (C=O) groups excluding carboxylic acids is 2. The van der Waals surface area contributed by atoms with E-state index in [1.807, 2.05) is 48.5 Å². The molecule has 5 rings (SSSR count). The van der Waals surface area contributed by atoms with Crippen LogP contribution < -0.4 is 14.8 Å². The predicted molar refractivity (Wildman–Crippen MR) is 131 cm³/mol. The highest BCUT2D eigenvalue weighted by molar-refractivity contribution is 5.91. The summed E-state index contributed by atoms with van der Waals surface area (Å²) in [5.74, 6) is 0.753. The van der Waals surface area contributed by atoms with E-state index in [2.05, 4.69) is 5.32 Å². The van der Waals surface area contributed by atoms with Crippen LogP contribution in [0.25, 0.3) is 0 Å². The van der Waals surface area contributed by atoms with Crippen LogP contribution in [0, 0.1) is 0 Å². The Morgan fingerprint density at radius 3 is 2.40 bits per heavy atom. The van der Waals surface area contributed by atoms with Gasteiger partial charge in [0.15, 0.2) is 11.5 Å². The molecule has 0 unspecified atom stereocenters. The number of benzene rings is 2. The molecular weight excluding hydrogens is 444 g/mol. The molecule has 0 spiro atoms. The first kappa shape index (κ1) is 23.7. The lowest BCUT2D eigenvalue weighted by Crippen LogP contribution is -2.54. The van der Waals surface area contributed by atoms with Gasteiger partial charge in [-0.15, -0.1) is 0 Å². The van der Waals surface area contributed by atoms with Crippen LogP contribution in [0.15, 0.2) is 54.6 Å². The van der Waals surface area contributed by atoms with Crippen molar-refractivity contribution in [1.82, 2.24) is 10.2 Å². The zero-order chi connectivity index (χ0) is 24.0. The van der Waals surface area contributed by atoms with E-state index in [4.69, 9.17) is 14.2 Å². The van der Waals surface area contributed by atoms with Gasteiger partial charge >= 0.3 is 0 Å². The van der Waals surface area contributed by atoms with Crippen LogP contribution in [-0.2, 0) is 14.3 Å². The van der Waals surface area contributed by atoms with Crippen molar-refractivity contribution in [2.24, 2.45) is 0 Å². The van der Waals surface area contributed by atoms with Crippen molar-refractivity contribution in [2.45, 2.75) is 69.2 Å². The third kappa shape index (κ3) is 5.61. The molecular formula is C28H34N2O5. The number of amides is 2. The van der Waals surface area contributed by atoms with E-state index in [0.717, 1.165) is 44.1 Å². The van der Waals surface area contributed by atoms with Gasteiger partial charge in [-0.2, -0.15) is 0 Å². The molecule has 2 aromatic carbocycles. The Kier molecular flexibility index (Phi) is 7.52. The van der Waals surface area contributed by atoms with Crippen molar-refractivity contribution in [3.8, 4) is 11.5 Å². The van der Waals surface area contributed by atoms with E-state index in [1.165, 1.54) is 6.42 Å². The molecule has 3 atom stereocenters. The molecule has 7 nitrogen and oxygen atoms in total. The quantitative estimate of drug-likeness (QED) is 0.650. The number of fused-ring (bicyclic) bond motifs is 1. The number of nitrogens with one attached hydrogen (secondary N) is 1. The Balaban J connectivity index is 1.44. The fourth-order valence-corrected chi connectivity index (χ4v) is 5.29. The Bertz CT molecular complexity index is 1000. The normalized spacial score (nSPS) is 22.9. The lowest BCUT2D eigenvalue weighted by atomic mass is 9.94. The second-order valence-electron chi connectivity index (χ2n) is 9.65. The Labute approximate surface area is 206 Å². The van der Waals surface area contributed by atoms with Crippen molar-refractivity contribution in [2.75, 3.05) is 19.8 Å². The SMILES string of the molecule is O=C(NC1CCCCC1)[C@@H](c1ccccc1)N(C[C@@H]1CCCO1)C(=O)[C@@H]1COc2ccccc2O1. The third-order valence-electron chi connectivity index (χ3n) is 7.12. The summed E-state index contributed by atoms with van der Waals surface area (Å²) < 4.78 is 17.8. The molecule has 1 aliphatic carbocycles. The number of hydrogen-bond acceptors (Lipinski definition) is 5. The standard InChI is InChI=1S/C28H34N2O5/c31-27(29-21-12-5-2-6-13-21)26(20-10-3-1-4-11-20)30(18-22-14-9-17-33-22)28(32)25-19-34-23-15-7-8-16-24(23)35-25/h1,3-4,7-8,10-11,15-16,21-22,25-26H,2,5-6,9,12-14,17-19H2,(H,29,31)/t22-,25-,26+/m0/s1. The molecule has 2 fully saturated rings. The minimum Gasteiger partial charge on any atom is -0.485 e. The first-order valence-corrected chi connectivity index (χ1v) is 12.8. The van der Waals surface area contributed by atoms with E-state index in [0.29, 0.717) is 24.7 Å². The summed E-state index contributed by atoms with van der Waals surface area (Å²) in [7, 11) is 0. The van der Waals surface area contributed by atoms with Crippen LogP contribution in [0.1, 0.15) is 56.6 Å². The van der Waals surface area contributed by atoms with Gasteiger partial charge in [0.1, 0.15) is 12.6 Å². The molecule has 7 heteroatoms. The summed E-state index contributed by atoms with van der Waals surface area (Å²) in [5.41, 5.74) is 0.782. The molecule has 1 saturated heterocycles. The molecule has 3 aliphatic rings. The second-order valence-corrected chi connectivity index (χ2v) is 9.65. The molecule has 2 aliphatic heterocycles. The average molecular weight is 479 g/mol. The zero-order valence-electron chi connectivity index (χ0n) is 20.1. The maximum absolute atomic E-state index is 14.0. The molecule has 2 amide bonds. The van der Waals surface area contributed by atoms with Gasteiger partial charge in [-0.25, -0.2) is 0 Å². The summed E-state index contributed by atoms with van der Waals surface area (Å²) in [5, 5.41) is 3.25. The predicted octanol–water partition coefficient (Wildman–Crippen LogP) is 4.02. The van der Waals surface area contributed by atoms with E-state index in [9.17, 15) is 9.59 Å². The van der Waals surface area contributed by atoms with Gasteiger partial charge in [0, 0.05) is 19.2 Å². The number of carbonyl (C=O) groups is 2. The lowest BCUT2D eigenvalue weighted by Gasteiger charge is -2.37. The number of nitrogens with zero attached hydrogens (tertiary/aromatic N) is 1. The fourth-order valence-electron chi connectivity index (χ4n) is 5.29. The summed E-state index contributed by atoms with van der Waals surface area (Å²) in [4.78, 5) is 29.4. The monoisotopic (exact) mass is 478 g/mol. The van der Waals surface area contributed by atoms with Crippen LogP contribution in [0.5, 0.6) is 11.5 Å². The topological polar surface area (TPSA) is 77.1 Å². The van der Waals surface area contributed by atoms with Crippen LogP contribution >= 0.6 is 0 Å². The highest BCUT2D eigenvalue weighted by Crippen LogP contribution is 2.33. The summed E-state index contributed by atoms with van der Waals surface area (Å²) >= 11 is 0. The minimum atomic E-state index is -0.833. The molecule has 2 aromatic rings. The molecule has 0 radical (unpaired) electrons. The number of ether oxygens (including phenoxy) is 3. The molecule has 0 aromatic heterocycles. The average Bonchev–Trinajstić information content (AvgIpc) is 3.42. The Morgan fingerprint density at radius 2 is 1.66 bits per heavy atom. The van der Waals surface area contributed by atoms with Crippen molar-refractivity contribution >= 4 is 11.8 Å². The molecule has 1 N–H and O–H groups in total. The molecule has 186 valence electrons. The summed E-state index contributed by atoms with van der Waals surface area (Å²) in [6.07, 6.45) is 6.27. The van der Waals surface area contributed by atoms with E-state index in [1.54, 1.807) is 11.0 Å². The fraction of sp³-hybridized carbons (Fsp3) is 0.500. The van der Waals surface area contributed by atoms with Gasteiger partial charge in [-0.3, -0.25) is 9.59 Å². The Hall–Kier alpha value is -3.06. The highest BCUT2D eigenvalue weighted by atomic mass is 16.6. The van der Waals surface area contributed by atoms with Gasteiger partial charge in [0.2, 0.25) is 12.0 Å². The molecule has 2 heterocycles. The van der Waals surface area contributed by atoms with Gasteiger partial charge in [-0.05, 0) is 43.4 Å². The lowest BCUT2D eigenvalue weighted by molar-refractivity contribution is -0.150. The van der Waals surface area contributed by atoms with Crippen LogP contribution in [-0.4, -0.2) is 54.7 Å². The maximum atomic E-state index is 14.0. The van der Waals surface area contributed by atoms with Crippen LogP contribution in [0.4, 0.5) is 0 Å². The first-order valence-electron chi connectivity index (χ1n) is 12.8. The summed E-state index contributed by atoms with van der Waals surface area (Å²) in [6.45, 7) is 1.11. The van der Waals surface area contributed by atoms with Crippen molar-refractivity contribution in [3.05, 3.63) is 60.2 Å². The van der Waals surface area contributed by atoms with Gasteiger partial charge in [0.05, 0.1) is 6.10 Å². The van der Waals surface area contributed by atoms with Gasteiger partial charge in [-0.1, -0.05) is 61.7 Å². The number of rotatable bonds is 7. The van der Waals surface area contributed by atoms with Crippen molar-refractivity contribution in [1.29, 1.82) is 0 Å². The van der Waals surface area contributed by atoms with Crippen molar-refractivity contribution in [3.63, 3.8) is 0 Å². The van der Waals surface area contributed by atoms with Gasteiger partial charge in [0.25, 0.3) is 5.91 Å². The summed E-state index contributed by atoms with van der Waals surface area (Å²) in [6, 6.07) is 16.3. The largest absolute Gasteiger partial charge is 0.485 e. The number of hydrogen-bond donors (Lipinski definition) is 1. The second kappa shape index (κ2) is 11.1. The van der Waals surface area contributed by atoms with E-state index < -0.39 is 12.1 Å². The third-order valence-corrected chi connectivity index (χ3v) is 7.12. The van der Waals surface area contributed by atoms with Crippen molar-refractivity contribution < 1.29 is 23.8 Å². The number of para-hydroxylation sites is 2. The van der Waals surface area contributed by atoms with E-state index in [-0.39, 0.29) is 30.6 Å². The maximum Gasteiger partial charge on any atom is 0.268 e. The Morgan fingerprint density at radius 1 is 0.914 bits per heavy atom.